The average Bonchev–Trinajstić information content (AvgIpc) is 3.07. The summed E-state index contributed by atoms with van der Waals surface area (Å²) in [6.45, 7) is 4.70. The van der Waals surface area contributed by atoms with Crippen LogP contribution in [0, 0.1) is 5.92 Å². The van der Waals surface area contributed by atoms with Crippen molar-refractivity contribution in [1.29, 1.82) is 0 Å². The van der Waals surface area contributed by atoms with Gasteiger partial charge in [-0.1, -0.05) is 74.2 Å². The van der Waals surface area contributed by atoms with E-state index in [1.54, 1.807) is 35.4 Å². The Balaban J connectivity index is 1.71. The summed E-state index contributed by atoms with van der Waals surface area (Å²) in [6.07, 6.45) is 2.39. The SMILES string of the molecule is CC(C)CN1C(=O)C(=Cc2c(NCC(O)c3ccccc3)nc3ccccn3c2=O)SC1=S. The normalized spacial score (nSPS) is 16.2. The number of aliphatic hydroxyl groups excluding tert-OH is 1. The van der Waals surface area contributed by atoms with Crippen LogP contribution in [0.5, 0.6) is 0 Å². The van der Waals surface area contributed by atoms with Crippen LogP contribution >= 0.6 is 24.0 Å². The lowest BCUT2D eigenvalue weighted by molar-refractivity contribution is -0.122. The molecule has 1 unspecified atom stereocenters. The van der Waals surface area contributed by atoms with Crippen molar-refractivity contribution in [3.63, 3.8) is 0 Å². The first-order valence-electron chi connectivity index (χ1n) is 10.6. The third-order valence-corrected chi connectivity index (χ3v) is 6.49. The number of anilines is 1. The van der Waals surface area contributed by atoms with Gasteiger partial charge in [-0.3, -0.25) is 18.9 Å². The predicted octanol–water partition coefficient (Wildman–Crippen LogP) is 3.70. The number of fused-ring (bicyclic) bond motifs is 1. The number of nitrogens with zero attached hydrogens (tertiary/aromatic N) is 3. The highest BCUT2D eigenvalue weighted by Crippen LogP contribution is 2.33. The maximum Gasteiger partial charge on any atom is 0.267 e. The minimum absolute atomic E-state index is 0.147. The molecule has 0 aliphatic carbocycles. The van der Waals surface area contributed by atoms with Gasteiger partial charge in [0.15, 0.2) is 0 Å². The van der Waals surface area contributed by atoms with Gasteiger partial charge in [-0.2, -0.15) is 0 Å². The van der Waals surface area contributed by atoms with E-state index in [-0.39, 0.29) is 29.5 Å². The Morgan fingerprint density at radius 1 is 1.15 bits per heavy atom. The molecular weight excluding hydrogens is 456 g/mol. The average molecular weight is 481 g/mol. The van der Waals surface area contributed by atoms with Crippen molar-refractivity contribution in [1.82, 2.24) is 14.3 Å². The number of hydrogen-bond acceptors (Lipinski definition) is 7. The van der Waals surface area contributed by atoms with Crippen molar-refractivity contribution in [3.8, 4) is 0 Å². The number of rotatable bonds is 7. The molecular formula is C24H24N4O3S2. The van der Waals surface area contributed by atoms with Crippen LogP contribution in [0.15, 0.2) is 64.4 Å². The number of thioether (sulfide) groups is 1. The number of hydrogen-bond donors (Lipinski definition) is 2. The van der Waals surface area contributed by atoms with Crippen LogP contribution in [-0.2, 0) is 4.79 Å². The summed E-state index contributed by atoms with van der Waals surface area (Å²) in [5.41, 5.74) is 1.14. The number of carbonyl (C=O) groups excluding carboxylic acids is 1. The van der Waals surface area contributed by atoms with E-state index < -0.39 is 6.10 Å². The first-order chi connectivity index (χ1) is 15.8. The summed E-state index contributed by atoms with van der Waals surface area (Å²) in [5, 5.41) is 13.7. The molecule has 9 heteroatoms. The number of aliphatic hydroxyl groups is 1. The molecule has 1 atom stereocenters. The second-order valence-electron chi connectivity index (χ2n) is 8.10. The van der Waals surface area contributed by atoms with Crippen LogP contribution in [0.3, 0.4) is 0 Å². The molecule has 0 bridgehead atoms. The van der Waals surface area contributed by atoms with Crippen LogP contribution in [0.25, 0.3) is 11.7 Å². The Morgan fingerprint density at radius 3 is 2.61 bits per heavy atom. The van der Waals surface area contributed by atoms with Crippen molar-refractivity contribution in [3.05, 3.63) is 81.1 Å². The molecule has 4 rings (SSSR count). The van der Waals surface area contributed by atoms with Crippen molar-refractivity contribution in [2.24, 2.45) is 5.92 Å². The summed E-state index contributed by atoms with van der Waals surface area (Å²) < 4.78 is 1.90. The number of thiocarbonyl (C=S) groups is 1. The molecule has 1 aliphatic heterocycles. The van der Waals surface area contributed by atoms with E-state index in [0.717, 1.165) is 5.56 Å². The van der Waals surface area contributed by atoms with E-state index in [4.69, 9.17) is 12.2 Å². The summed E-state index contributed by atoms with van der Waals surface area (Å²) >= 11 is 6.57. The molecule has 1 saturated heterocycles. The Morgan fingerprint density at radius 2 is 1.88 bits per heavy atom. The van der Waals surface area contributed by atoms with Gasteiger partial charge in [0, 0.05) is 19.3 Å². The van der Waals surface area contributed by atoms with Crippen molar-refractivity contribution in [2.75, 3.05) is 18.4 Å². The highest BCUT2D eigenvalue weighted by molar-refractivity contribution is 8.26. The number of benzene rings is 1. The number of pyridine rings is 1. The lowest BCUT2D eigenvalue weighted by Gasteiger charge is -2.16. The zero-order valence-electron chi connectivity index (χ0n) is 18.3. The maximum atomic E-state index is 13.3. The van der Waals surface area contributed by atoms with Crippen LogP contribution in [0.4, 0.5) is 5.82 Å². The molecule has 33 heavy (non-hydrogen) atoms. The van der Waals surface area contributed by atoms with Crippen LogP contribution in [0.2, 0.25) is 0 Å². The number of nitrogens with one attached hydrogen (secondary N) is 1. The van der Waals surface area contributed by atoms with E-state index in [2.05, 4.69) is 10.3 Å². The van der Waals surface area contributed by atoms with Gasteiger partial charge in [0.05, 0.1) is 16.6 Å². The van der Waals surface area contributed by atoms with Gasteiger partial charge >= 0.3 is 0 Å². The second kappa shape index (κ2) is 9.86. The Bertz CT molecular complexity index is 1290. The lowest BCUT2D eigenvalue weighted by atomic mass is 10.1. The molecule has 1 aromatic carbocycles. The zero-order chi connectivity index (χ0) is 23.5. The first-order valence-corrected chi connectivity index (χ1v) is 11.8. The summed E-state index contributed by atoms with van der Waals surface area (Å²) in [7, 11) is 0. The highest BCUT2D eigenvalue weighted by Gasteiger charge is 2.33. The van der Waals surface area contributed by atoms with E-state index in [0.29, 0.717) is 27.2 Å². The van der Waals surface area contributed by atoms with E-state index in [9.17, 15) is 14.7 Å². The molecule has 0 radical (unpaired) electrons. The fourth-order valence-electron chi connectivity index (χ4n) is 3.51. The number of amides is 1. The number of carbonyl (C=O) groups is 1. The molecule has 2 aromatic heterocycles. The molecule has 1 amide bonds. The van der Waals surface area contributed by atoms with Crippen molar-refractivity contribution in [2.45, 2.75) is 20.0 Å². The standard InChI is InChI=1S/C24H24N4O3S2/c1-15(2)14-28-23(31)19(33-24(28)32)12-17-21(25-13-18(29)16-8-4-3-5-9-16)26-20-10-6-7-11-27(20)22(17)30/h3-12,15,18,25,29H,13-14H2,1-2H3. The summed E-state index contributed by atoms with van der Waals surface area (Å²) in [4.78, 5) is 32.8. The molecule has 170 valence electrons. The Hall–Kier alpha value is -3.01. The van der Waals surface area contributed by atoms with Crippen LogP contribution < -0.4 is 10.9 Å². The van der Waals surface area contributed by atoms with Gasteiger partial charge < -0.3 is 10.4 Å². The van der Waals surface area contributed by atoms with Gasteiger partial charge in [0.1, 0.15) is 15.8 Å². The topological polar surface area (TPSA) is 86.9 Å². The largest absolute Gasteiger partial charge is 0.387 e. The van der Waals surface area contributed by atoms with Crippen LogP contribution in [-0.4, -0.2) is 42.7 Å². The number of aromatic nitrogens is 2. The van der Waals surface area contributed by atoms with Crippen molar-refractivity contribution < 1.29 is 9.90 Å². The minimum Gasteiger partial charge on any atom is -0.387 e. The monoisotopic (exact) mass is 480 g/mol. The quantitative estimate of drug-likeness (QED) is 0.394. The fraction of sp³-hybridized carbons (Fsp3) is 0.250. The lowest BCUT2D eigenvalue weighted by Crippen LogP contribution is -2.31. The molecule has 1 aliphatic rings. The Kier molecular flexibility index (Phi) is 6.92. The Labute approximate surface area is 201 Å². The van der Waals surface area contributed by atoms with Crippen LogP contribution in [0.1, 0.15) is 31.1 Å². The van der Waals surface area contributed by atoms with Crippen molar-refractivity contribution >= 4 is 51.7 Å². The smallest absolute Gasteiger partial charge is 0.267 e. The van der Waals surface area contributed by atoms with Gasteiger partial charge in [-0.25, -0.2) is 4.98 Å². The predicted molar refractivity (Wildman–Crippen MR) is 136 cm³/mol. The molecule has 0 saturated carbocycles. The van der Waals surface area contributed by atoms with Gasteiger partial charge in [0.25, 0.3) is 11.5 Å². The molecule has 3 heterocycles. The van der Waals surface area contributed by atoms with Gasteiger partial charge in [-0.15, -0.1) is 0 Å². The molecule has 1 fully saturated rings. The highest BCUT2D eigenvalue weighted by atomic mass is 32.2. The van der Waals surface area contributed by atoms with Gasteiger partial charge in [-0.05, 0) is 29.7 Å². The summed E-state index contributed by atoms with van der Waals surface area (Å²) in [5.74, 6) is 0.346. The zero-order valence-corrected chi connectivity index (χ0v) is 19.9. The first kappa shape index (κ1) is 23.2. The fourth-order valence-corrected chi connectivity index (χ4v) is 4.76. The van der Waals surface area contributed by atoms with E-state index >= 15 is 0 Å². The molecule has 2 N–H and O–H groups in total. The minimum atomic E-state index is -0.792. The third kappa shape index (κ3) is 5.00. The molecule has 7 nitrogen and oxygen atoms in total. The maximum absolute atomic E-state index is 13.3. The molecule has 0 spiro atoms. The third-order valence-electron chi connectivity index (χ3n) is 5.11. The van der Waals surface area contributed by atoms with E-state index in [1.165, 1.54) is 16.2 Å². The van der Waals surface area contributed by atoms with E-state index in [1.807, 2.05) is 44.2 Å². The molecule has 3 aromatic rings. The summed E-state index contributed by atoms with van der Waals surface area (Å²) in [6, 6.07) is 14.5. The van der Waals surface area contributed by atoms with Gasteiger partial charge in [0.2, 0.25) is 0 Å². The second-order valence-corrected chi connectivity index (χ2v) is 9.78.